The Morgan fingerprint density at radius 2 is 1.95 bits per heavy atom. The predicted octanol–water partition coefficient (Wildman–Crippen LogP) is 3.59. The molecule has 1 aliphatic carbocycles. The minimum absolute atomic E-state index is 0.147. The van der Waals surface area contributed by atoms with Crippen molar-refractivity contribution in [1.29, 1.82) is 0 Å². The number of esters is 1. The second-order valence-corrected chi connectivity index (χ2v) is 7.45. The fraction of sp³-hybridized carbons (Fsp3) is 0.500. The maximum absolute atomic E-state index is 12.3. The summed E-state index contributed by atoms with van der Waals surface area (Å²) in [6.07, 6.45) is 2.18. The molecule has 1 fully saturated rings. The first kappa shape index (κ1) is 15.8. The van der Waals surface area contributed by atoms with E-state index >= 15 is 0 Å². The van der Waals surface area contributed by atoms with Gasteiger partial charge in [0.05, 0.1) is 19.3 Å². The van der Waals surface area contributed by atoms with Gasteiger partial charge in [-0.05, 0) is 30.4 Å². The molecule has 1 unspecified atom stereocenters. The molecule has 2 rings (SSSR count). The molecule has 1 atom stereocenters. The van der Waals surface area contributed by atoms with E-state index in [0.29, 0.717) is 33.5 Å². The highest BCUT2D eigenvalue weighted by atomic mass is 35.5. The van der Waals surface area contributed by atoms with Crippen LogP contribution in [0.15, 0.2) is 18.2 Å². The summed E-state index contributed by atoms with van der Waals surface area (Å²) in [5.41, 5.74) is 0.564. The fourth-order valence-electron chi connectivity index (χ4n) is 2.15. The van der Waals surface area contributed by atoms with Crippen LogP contribution in [0.3, 0.4) is 0 Å². The van der Waals surface area contributed by atoms with E-state index in [9.17, 15) is 9.00 Å². The molecule has 0 aromatic heterocycles. The second-order valence-electron chi connectivity index (χ2n) is 5.18. The van der Waals surface area contributed by atoms with E-state index in [2.05, 4.69) is 4.74 Å². The van der Waals surface area contributed by atoms with E-state index in [1.54, 1.807) is 18.2 Å². The average Bonchev–Trinajstić information content (AvgIpc) is 3.13. The first-order chi connectivity index (χ1) is 9.46. The Labute approximate surface area is 131 Å². The van der Waals surface area contributed by atoms with E-state index in [1.165, 1.54) is 7.11 Å². The third-order valence-corrected chi connectivity index (χ3v) is 5.79. The van der Waals surface area contributed by atoms with E-state index in [4.69, 9.17) is 23.2 Å². The van der Waals surface area contributed by atoms with Gasteiger partial charge in [-0.25, -0.2) is 0 Å². The van der Waals surface area contributed by atoms with Crippen LogP contribution in [0.4, 0.5) is 0 Å². The third kappa shape index (κ3) is 3.96. The largest absolute Gasteiger partial charge is 0.469 e. The van der Waals surface area contributed by atoms with Crippen LogP contribution in [-0.2, 0) is 26.1 Å². The summed E-state index contributed by atoms with van der Waals surface area (Å²) in [6.45, 7) is 0. The number of halogens is 2. The average molecular weight is 335 g/mol. The first-order valence-corrected chi connectivity index (χ1v) is 8.55. The highest BCUT2D eigenvalue weighted by Gasteiger charge is 2.45. The molecule has 1 aromatic rings. The van der Waals surface area contributed by atoms with Gasteiger partial charge in [-0.3, -0.25) is 9.00 Å². The Hall–Kier alpha value is -0.580. The number of benzene rings is 1. The number of carbonyl (C=O) groups excluding carboxylic acids is 1. The molecule has 0 heterocycles. The van der Waals surface area contributed by atoms with E-state index in [1.807, 2.05) is 0 Å². The normalized spacial score (nSPS) is 17.6. The maximum Gasteiger partial charge on any atom is 0.306 e. The first-order valence-electron chi connectivity index (χ1n) is 6.30. The molecule has 0 spiro atoms. The van der Waals surface area contributed by atoms with Gasteiger partial charge in [0, 0.05) is 32.2 Å². The Kier molecular flexibility index (Phi) is 5.10. The van der Waals surface area contributed by atoms with Gasteiger partial charge in [-0.2, -0.15) is 0 Å². The summed E-state index contributed by atoms with van der Waals surface area (Å²) < 4.78 is 17.0. The maximum atomic E-state index is 12.3. The quantitative estimate of drug-likeness (QED) is 0.746. The van der Waals surface area contributed by atoms with Crippen LogP contribution < -0.4 is 0 Å². The Bertz CT molecular complexity index is 521. The van der Waals surface area contributed by atoms with Crippen LogP contribution in [0.5, 0.6) is 0 Å². The van der Waals surface area contributed by atoms with Crippen LogP contribution in [-0.4, -0.2) is 23.0 Å². The molecule has 0 amide bonds. The number of hydrogen-bond acceptors (Lipinski definition) is 3. The lowest BCUT2D eigenvalue weighted by molar-refractivity contribution is -0.141. The monoisotopic (exact) mass is 334 g/mol. The molecule has 0 aliphatic heterocycles. The molecule has 20 heavy (non-hydrogen) atoms. The van der Waals surface area contributed by atoms with Crippen LogP contribution in [0.1, 0.15) is 24.8 Å². The number of hydrogen-bond donors (Lipinski definition) is 0. The number of rotatable bonds is 6. The zero-order valence-electron chi connectivity index (χ0n) is 11.2. The molecule has 3 nitrogen and oxygen atoms in total. The lowest BCUT2D eigenvalue weighted by atomic mass is 10.1. The van der Waals surface area contributed by atoms with Crippen LogP contribution in [0.25, 0.3) is 0 Å². The van der Waals surface area contributed by atoms with Crippen molar-refractivity contribution < 1.29 is 13.7 Å². The molecule has 6 heteroatoms. The van der Waals surface area contributed by atoms with Gasteiger partial charge in [0.1, 0.15) is 0 Å². The summed E-state index contributed by atoms with van der Waals surface area (Å²) in [4.78, 5) is 11.4. The van der Waals surface area contributed by atoms with E-state index in [0.717, 1.165) is 12.8 Å². The molecule has 1 saturated carbocycles. The lowest BCUT2D eigenvalue weighted by Gasteiger charge is -2.14. The number of methoxy groups -OCH3 is 1. The number of ether oxygens (including phenoxy) is 1. The van der Waals surface area contributed by atoms with Crippen LogP contribution in [0.2, 0.25) is 10.0 Å². The fourth-order valence-corrected chi connectivity index (χ4v) is 4.65. The standard InChI is InChI=1S/C14H16Cl2O3S/c1-19-13(17)7-14(5-6-14)9-20(18)8-10-11(15)3-2-4-12(10)16/h2-4H,5-9H2,1H3. The zero-order valence-corrected chi connectivity index (χ0v) is 13.5. The highest BCUT2D eigenvalue weighted by Crippen LogP contribution is 2.50. The van der Waals surface area contributed by atoms with Crippen molar-refractivity contribution in [3.8, 4) is 0 Å². The topological polar surface area (TPSA) is 43.4 Å². The zero-order chi connectivity index (χ0) is 14.8. The minimum Gasteiger partial charge on any atom is -0.469 e. The molecule has 110 valence electrons. The van der Waals surface area contributed by atoms with Crippen molar-refractivity contribution in [2.45, 2.75) is 25.0 Å². The SMILES string of the molecule is COC(=O)CC1(CS(=O)Cc2c(Cl)cccc2Cl)CC1. The molecule has 0 bridgehead atoms. The van der Waals surface area contributed by atoms with Crippen molar-refractivity contribution in [3.05, 3.63) is 33.8 Å². The van der Waals surface area contributed by atoms with Gasteiger partial charge in [-0.15, -0.1) is 0 Å². The summed E-state index contributed by atoms with van der Waals surface area (Å²) >= 11 is 12.1. The summed E-state index contributed by atoms with van der Waals surface area (Å²) in [6, 6.07) is 5.24. The van der Waals surface area contributed by atoms with Gasteiger partial charge in [0.15, 0.2) is 0 Å². The van der Waals surface area contributed by atoms with Crippen LogP contribution in [0, 0.1) is 5.41 Å². The lowest BCUT2D eigenvalue weighted by Crippen LogP contribution is -2.18. The Morgan fingerprint density at radius 1 is 1.35 bits per heavy atom. The Morgan fingerprint density at radius 3 is 2.45 bits per heavy atom. The van der Waals surface area contributed by atoms with Crippen molar-refractivity contribution in [1.82, 2.24) is 0 Å². The van der Waals surface area contributed by atoms with Crippen molar-refractivity contribution in [2.75, 3.05) is 12.9 Å². The van der Waals surface area contributed by atoms with E-state index in [-0.39, 0.29) is 11.4 Å². The molecule has 0 saturated heterocycles. The molecule has 0 N–H and O–H groups in total. The Balaban J connectivity index is 1.98. The smallest absolute Gasteiger partial charge is 0.306 e. The highest BCUT2D eigenvalue weighted by molar-refractivity contribution is 7.84. The molecule has 1 aliphatic rings. The third-order valence-electron chi connectivity index (χ3n) is 3.54. The molecule has 1 aromatic carbocycles. The van der Waals surface area contributed by atoms with Crippen molar-refractivity contribution in [2.24, 2.45) is 5.41 Å². The molecule has 0 radical (unpaired) electrons. The van der Waals surface area contributed by atoms with Crippen LogP contribution >= 0.6 is 23.2 Å². The second kappa shape index (κ2) is 6.46. The van der Waals surface area contributed by atoms with Crippen molar-refractivity contribution in [3.63, 3.8) is 0 Å². The predicted molar refractivity (Wildman–Crippen MR) is 81.5 cm³/mol. The summed E-state index contributed by atoms with van der Waals surface area (Å²) in [5.74, 6) is 0.570. The minimum atomic E-state index is -1.09. The van der Waals surface area contributed by atoms with E-state index < -0.39 is 10.8 Å². The molecular weight excluding hydrogens is 319 g/mol. The van der Waals surface area contributed by atoms with Gasteiger partial charge in [0.2, 0.25) is 0 Å². The van der Waals surface area contributed by atoms with Gasteiger partial charge in [-0.1, -0.05) is 29.3 Å². The summed E-state index contributed by atoms with van der Waals surface area (Å²) in [7, 11) is 0.280. The molecular formula is C14H16Cl2O3S. The number of carbonyl (C=O) groups is 1. The van der Waals surface area contributed by atoms with Gasteiger partial charge < -0.3 is 4.74 Å². The van der Waals surface area contributed by atoms with Gasteiger partial charge >= 0.3 is 5.97 Å². The van der Waals surface area contributed by atoms with Crippen molar-refractivity contribution >= 4 is 40.0 Å². The van der Waals surface area contributed by atoms with Gasteiger partial charge in [0.25, 0.3) is 0 Å². The summed E-state index contributed by atoms with van der Waals surface area (Å²) in [5, 5.41) is 1.06.